The molecule has 0 fully saturated rings. The summed E-state index contributed by atoms with van der Waals surface area (Å²) in [6.07, 6.45) is -1.47. The van der Waals surface area contributed by atoms with E-state index in [0.717, 1.165) is 37.9 Å². The molecule has 9 aromatic rings. The first-order chi connectivity index (χ1) is 27.2. The number of pyridine rings is 2. The van der Waals surface area contributed by atoms with E-state index in [4.69, 9.17) is 8.53 Å². The summed E-state index contributed by atoms with van der Waals surface area (Å²) in [6.45, 7) is 0.271. The van der Waals surface area contributed by atoms with Crippen molar-refractivity contribution in [3.05, 3.63) is 169 Å². The summed E-state index contributed by atoms with van der Waals surface area (Å²) in [5.41, 5.74) is 3.41. The number of halogens is 4. The number of hydrogen-bond acceptors (Lipinski definition) is 3. The molecule has 6 aromatic carbocycles. The summed E-state index contributed by atoms with van der Waals surface area (Å²) in [5, 5.41) is 6.37. The van der Waals surface area contributed by atoms with Crippen molar-refractivity contribution in [2.24, 2.45) is 0 Å². The van der Waals surface area contributed by atoms with Gasteiger partial charge in [-0.1, -0.05) is 102 Å². The molecule has 0 saturated heterocycles. The van der Waals surface area contributed by atoms with Gasteiger partial charge in [0.15, 0.2) is 0 Å². The minimum absolute atomic E-state index is 0. The first kappa shape index (κ1) is 33.8. The molecule has 0 aliphatic heterocycles. The van der Waals surface area contributed by atoms with Gasteiger partial charge in [-0.25, -0.2) is 0 Å². The van der Waals surface area contributed by atoms with Crippen LogP contribution in [0.2, 0.25) is 0 Å². The van der Waals surface area contributed by atoms with E-state index in [1.54, 1.807) is 48.7 Å². The molecule has 55 heavy (non-hydrogen) atoms. The summed E-state index contributed by atoms with van der Waals surface area (Å²) in [7, 11) is 0. The van der Waals surface area contributed by atoms with Crippen molar-refractivity contribution in [2.75, 3.05) is 0 Å². The van der Waals surface area contributed by atoms with Crippen LogP contribution in [0, 0.1) is 24.8 Å². The molecule has 0 saturated carbocycles. The number of rotatable bonds is 4. The molecule has 1 radical (unpaired) electrons. The van der Waals surface area contributed by atoms with Crippen LogP contribution in [-0.2, 0) is 25.5 Å². The number of benzene rings is 6. The van der Waals surface area contributed by atoms with Gasteiger partial charge < -0.3 is 14.4 Å². The normalized spacial score (nSPS) is 12.8. The molecule has 0 unspecified atom stereocenters. The maximum Gasteiger partial charge on any atom is 0.397 e. The number of fused-ring (bicyclic) bond motifs is 7. The Morgan fingerprint density at radius 2 is 1.44 bits per heavy atom. The molecule has 3 nitrogen and oxygen atoms in total. The summed E-state index contributed by atoms with van der Waals surface area (Å²) in [5.74, 6) is -0.368. The molecule has 9 rings (SSSR count). The minimum atomic E-state index is -4.40. The molecular weight excluding hydrogens is 877 g/mol. The van der Waals surface area contributed by atoms with Crippen LogP contribution in [0.3, 0.4) is 0 Å². The fourth-order valence-corrected chi connectivity index (χ4v) is 6.76. The molecule has 3 aromatic heterocycles. The smallest absolute Gasteiger partial charge is 0.397 e. The number of furan rings is 1. The zero-order valence-corrected chi connectivity index (χ0v) is 31.8. The van der Waals surface area contributed by atoms with Crippen LogP contribution in [0.15, 0.2) is 144 Å². The van der Waals surface area contributed by atoms with Gasteiger partial charge in [-0.15, -0.1) is 48.0 Å². The fraction of sp³-hybridized carbons (Fsp3) is 0.106. The number of nitrogens with zero attached hydrogens (tertiary/aromatic N) is 2. The summed E-state index contributed by atoms with van der Waals surface area (Å²) >= 11 is 0. The minimum Gasteiger partial charge on any atom is -0.500 e. The van der Waals surface area contributed by atoms with Gasteiger partial charge in [0.1, 0.15) is 5.58 Å². The average Bonchev–Trinajstić information content (AvgIpc) is 3.60. The van der Waals surface area contributed by atoms with E-state index in [0.29, 0.717) is 39.2 Å². The maximum atomic E-state index is 14.0. The van der Waals surface area contributed by atoms with Gasteiger partial charge in [0.25, 0.3) is 0 Å². The molecule has 0 atom stereocenters. The van der Waals surface area contributed by atoms with Crippen molar-refractivity contribution >= 4 is 43.5 Å². The van der Waals surface area contributed by atoms with E-state index >= 15 is 0 Å². The quantitative estimate of drug-likeness (QED) is 0.100. The van der Waals surface area contributed by atoms with Gasteiger partial charge in [0.2, 0.25) is 0 Å². The van der Waals surface area contributed by atoms with Crippen molar-refractivity contribution in [3.8, 4) is 33.6 Å². The van der Waals surface area contributed by atoms with E-state index in [2.05, 4.69) is 58.5 Å². The molecule has 0 amide bonds. The van der Waals surface area contributed by atoms with Crippen molar-refractivity contribution in [1.82, 2.24) is 9.97 Å². The second kappa shape index (κ2) is 14.9. The zero-order chi connectivity index (χ0) is 40.1. The third-order valence-corrected chi connectivity index (χ3v) is 9.77. The number of alkyl halides is 3. The van der Waals surface area contributed by atoms with Gasteiger partial charge in [0, 0.05) is 53.2 Å². The van der Waals surface area contributed by atoms with Crippen molar-refractivity contribution in [2.45, 2.75) is 32.3 Å². The number of aryl methyl sites for hydroxylation is 1. The SMILES string of the molecule is CC(C)(c1ccccc1-c1ccnc(-c2[c-]ccc3c2oc2c3ccc3c4ccccc4ccc32)c1)C(F)(F)F.[2H]C([2H])([2H])c1ccc(-c2[c-]cc(F)cc2)nc1.[Ir]. The first-order valence-electron chi connectivity index (χ1n) is 18.7. The van der Waals surface area contributed by atoms with E-state index in [-0.39, 0.29) is 37.0 Å². The topological polar surface area (TPSA) is 38.9 Å². The van der Waals surface area contributed by atoms with E-state index in [9.17, 15) is 17.6 Å². The molecule has 0 bridgehead atoms. The van der Waals surface area contributed by atoms with Crippen LogP contribution in [0.4, 0.5) is 17.6 Å². The Bertz CT molecular complexity index is 2920. The molecule has 275 valence electrons. The van der Waals surface area contributed by atoms with Crippen molar-refractivity contribution in [3.63, 3.8) is 0 Å². The number of hydrogen-bond donors (Lipinski definition) is 0. The monoisotopic (exact) mass is 912 g/mol. The predicted molar refractivity (Wildman–Crippen MR) is 209 cm³/mol. The van der Waals surface area contributed by atoms with Gasteiger partial charge in [-0.2, -0.15) is 13.2 Å². The Kier molecular flexibility index (Phi) is 9.14. The van der Waals surface area contributed by atoms with Gasteiger partial charge in [-0.3, -0.25) is 4.39 Å². The predicted octanol–water partition coefficient (Wildman–Crippen LogP) is 13.3. The average molecular weight is 912 g/mol. The van der Waals surface area contributed by atoms with Crippen molar-refractivity contribution in [1.29, 1.82) is 0 Å². The second-order valence-corrected chi connectivity index (χ2v) is 13.5. The fourth-order valence-electron chi connectivity index (χ4n) is 6.76. The Morgan fingerprint density at radius 3 is 2.20 bits per heavy atom. The Hall–Kier alpha value is -5.69. The molecule has 0 aliphatic rings. The maximum absolute atomic E-state index is 14.0. The third-order valence-electron chi connectivity index (χ3n) is 9.77. The first-order valence-corrected chi connectivity index (χ1v) is 17.2. The largest absolute Gasteiger partial charge is 0.500 e. The van der Waals surface area contributed by atoms with E-state index in [1.807, 2.05) is 30.3 Å². The van der Waals surface area contributed by atoms with Gasteiger partial charge >= 0.3 is 6.18 Å². The summed E-state index contributed by atoms with van der Waals surface area (Å²) in [6, 6.07) is 43.9. The number of aromatic nitrogens is 2. The van der Waals surface area contributed by atoms with Crippen LogP contribution >= 0.6 is 0 Å². The molecule has 0 aliphatic carbocycles. The van der Waals surface area contributed by atoms with Crippen LogP contribution < -0.4 is 0 Å². The molecule has 0 N–H and O–H groups in total. The van der Waals surface area contributed by atoms with E-state index in [1.165, 1.54) is 38.2 Å². The Morgan fingerprint density at radius 1 is 0.691 bits per heavy atom. The molecule has 0 spiro atoms. The Balaban J connectivity index is 0.000000240. The van der Waals surface area contributed by atoms with Crippen LogP contribution in [-0.4, -0.2) is 16.1 Å². The molecule has 8 heteroatoms. The molecular formula is C47H32F4IrN2O-2. The molecule has 3 heterocycles. The summed E-state index contributed by atoms with van der Waals surface area (Å²) in [4.78, 5) is 8.62. The van der Waals surface area contributed by atoms with Crippen molar-refractivity contribution < 1.29 is 46.2 Å². The zero-order valence-electron chi connectivity index (χ0n) is 32.4. The van der Waals surface area contributed by atoms with Crippen LogP contribution in [0.5, 0.6) is 0 Å². The standard InChI is InChI=1S/C35H23F3NO.C12H9FN.Ir/c1-34(2,35(36,37)38)30-13-6-5-10-24(30)22-18-19-39-31(20-22)29-12-7-11-26-28-17-16-25-23-9-4-3-8-21(23)14-15-27(25)32(28)40-33(26)29;1-9-2-7-12(14-8-9)10-3-5-11(13)6-4-10;/h3-11,13-20H,1-2H3;2-3,5-8H,1H3;/q2*-1;/i;1D3;. The third kappa shape index (κ3) is 7.04. The Labute approximate surface area is 333 Å². The van der Waals surface area contributed by atoms with Crippen LogP contribution in [0.1, 0.15) is 29.1 Å². The van der Waals surface area contributed by atoms with Gasteiger partial charge in [0.05, 0.1) is 11.0 Å². The second-order valence-electron chi connectivity index (χ2n) is 13.5. The van der Waals surface area contributed by atoms with E-state index < -0.39 is 18.4 Å². The van der Waals surface area contributed by atoms with Gasteiger partial charge in [-0.05, 0) is 76.6 Å². The summed E-state index contributed by atoms with van der Waals surface area (Å²) < 4.78 is 82.9. The van der Waals surface area contributed by atoms with Crippen LogP contribution in [0.25, 0.3) is 77.1 Å².